The molecule has 0 N–H and O–H groups in total. The number of rotatable bonds is 2. The largest absolute Gasteiger partial charge is 0.464 e. The van der Waals surface area contributed by atoms with E-state index in [2.05, 4.69) is 15.1 Å². The second-order valence-corrected chi connectivity index (χ2v) is 5.10. The molecule has 5 heterocycles. The van der Waals surface area contributed by atoms with E-state index in [1.165, 1.54) is 6.33 Å². The molecule has 0 radical (unpaired) electrons. The lowest BCUT2D eigenvalue weighted by Crippen LogP contribution is -1.97. The maximum Gasteiger partial charge on any atom is 0.233 e. The molecule has 0 atom stereocenters. The van der Waals surface area contributed by atoms with Crippen molar-refractivity contribution >= 4 is 16.7 Å². The molecule has 0 amide bonds. The third-order valence-corrected chi connectivity index (χ3v) is 3.74. The fourth-order valence-electron chi connectivity index (χ4n) is 2.79. The van der Waals surface area contributed by atoms with Gasteiger partial charge in [-0.3, -0.25) is 0 Å². The fourth-order valence-corrected chi connectivity index (χ4v) is 2.79. The van der Waals surface area contributed by atoms with E-state index in [4.69, 9.17) is 13.3 Å². The smallest absolute Gasteiger partial charge is 0.233 e. The molecule has 23 heavy (non-hydrogen) atoms. The average Bonchev–Trinajstić information content (AvgIpc) is 3.31. The van der Waals surface area contributed by atoms with Crippen LogP contribution in [0.1, 0.15) is 5.82 Å². The summed E-state index contributed by atoms with van der Waals surface area (Å²) in [6.07, 6.45) is 4.71. The molecule has 0 fully saturated rings. The number of nitrogens with zero attached hydrogens (tertiary/aromatic N) is 4. The molecule has 0 unspecified atom stereocenters. The third kappa shape index (κ3) is 1.61. The van der Waals surface area contributed by atoms with Gasteiger partial charge < -0.3 is 13.3 Å². The maximum atomic E-state index is 5.98. The number of aryl methyl sites for hydroxylation is 1. The average molecular weight is 306 g/mol. The van der Waals surface area contributed by atoms with Crippen molar-refractivity contribution in [2.45, 2.75) is 6.92 Å². The molecular formula is C16H10N4O3. The van der Waals surface area contributed by atoms with Crippen LogP contribution >= 0.6 is 0 Å². The van der Waals surface area contributed by atoms with Gasteiger partial charge in [0.1, 0.15) is 17.9 Å². The van der Waals surface area contributed by atoms with E-state index in [1.807, 2.05) is 25.1 Å². The Bertz CT molecular complexity index is 1120. The minimum Gasteiger partial charge on any atom is -0.464 e. The van der Waals surface area contributed by atoms with Gasteiger partial charge in [-0.25, -0.2) is 4.98 Å². The second-order valence-electron chi connectivity index (χ2n) is 5.10. The van der Waals surface area contributed by atoms with E-state index in [0.29, 0.717) is 34.5 Å². The number of hydrogen-bond donors (Lipinski definition) is 0. The molecule has 0 bridgehead atoms. The Labute approximate surface area is 129 Å². The highest BCUT2D eigenvalue weighted by Gasteiger charge is 2.25. The lowest BCUT2D eigenvalue weighted by atomic mass is 10.1. The van der Waals surface area contributed by atoms with Gasteiger partial charge in [-0.05, 0) is 31.2 Å². The van der Waals surface area contributed by atoms with Gasteiger partial charge in [0.15, 0.2) is 17.2 Å². The van der Waals surface area contributed by atoms with Crippen LogP contribution in [0.15, 0.2) is 56.4 Å². The molecule has 0 aliphatic rings. The molecule has 0 spiro atoms. The molecule has 5 aromatic rings. The van der Waals surface area contributed by atoms with Gasteiger partial charge in [0.2, 0.25) is 5.71 Å². The summed E-state index contributed by atoms with van der Waals surface area (Å²) in [5.41, 5.74) is 1.90. The minimum atomic E-state index is 0.473. The SMILES string of the molecule is Cc1nc2oc(-c3ccco3)c(-c3ccco3)c2c2ncnn12. The van der Waals surface area contributed by atoms with E-state index >= 15 is 0 Å². The van der Waals surface area contributed by atoms with Crippen molar-refractivity contribution in [2.24, 2.45) is 0 Å². The zero-order valence-electron chi connectivity index (χ0n) is 12.1. The summed E-state index contributed by atoms with van der Waals surface area (Å²) in [5.74, 6) is 2.51. The normalized spacial score (nSPS) is 11.7. The van der Waals surface area contributed by atoms with Gasteiger partial charge in [-0.2, -0.15) is 14.6 Å². The van der Waals surface area contributed by atoms with Crippen LogP contribution in [-0.2, 0) is 0 Å². The van der Waals surface area contributed by atoms with E-state index < -0.39 is 0 Å². The first-order chi connectivity index (χ1) is 11.3. The summed E-state index contributed by atoms with van der Waals surface area (Å²) in [4.78, 5) is 8.84. The Balaban J connectivity index is 2.00. The molecule has 0 aliphatic heterocycles. The van der Waals surface area contributed by atoms with E-state index in [1.54, 1.807) is 23.1 Å². The highest BCUT2D eigenvalue weighted by molar-refractivity contribution is 6.05. The van der Waals surface area contributed by atoms with Crippen molar-refractivity contribution in [3.05, 3.63) is 48.9 Å². The number of furan rings is 3. The van der Waals surface area contributed by atoms with Crippen molar-refractivity contribution in [1.82, 2.24) is 19.6 Å². The van der Waals surface area contributed by atoms with Crippen LogP contribution in [0, 0.1) is 6.92 Å². The molecule has 0 aliphatic carbocycles. The third-order valence-electron chi connectivity index (χ3n) is 3.74. The highest BCUT2D eigenvalue weighted by Crippen LogP contribution is 2.41. The first-order valence-electron chi connectivity index (χ1n) is 7.03. The van der Waals surface area contributed by atoms with Crippen molar-refractivity contribution in [1.29, 1.82) is 0 Å². The summed E-state index contributed by atoms with van der Waals surface area (Å²) in [6, 6.07) is 7.32. The summed E-state index contributed by atoms with van der Waals surface area (Å²) < 4.78 is 18.8. The molecule has 112 valence electrons. The minimum absolute atomic E-state index is 0.473. The molecular weight excluding hydrogens is 296 g/mol. The van der Waals surface area contributed by atoms with Crippen LogP contribution in [-0.4, -0.2) is 19.6 Å². The number of fused-ring (bicyclic) bond motifs is 3. The lowest BCUT2D eigenvalue weighted by molar-refractivity contribution is 0.535. The van der Waals surface area contributed by atoms with Crippen LogP contribution in [0.5, 0.6) is 0 Å². The van der Waals surface area contributed by atoms with Crippen LogP contribution in [0.2, 0.25) is 0 Å². The Kier molecular flexibility index (Phi) is 2.30. The van der Waals surface area contributed by atoms with Crippen molar-refractivity contribution < 1.29 is 13.3 Å². The Morgan fingerprint density at radius 3 is 2.57 bits per heavy atom. The van der Waals surface area contributed by atoms with Gasteiger partial charge in [0.25, 0.3) is 0 Å². The van der Waals surface area contributed by atoms with Gasteiger partial charge in [0, 0.05) is 0 Å². The van der Waals surface area contributed by atoms with Gasteiger partial charge >= 0.3 is 0 Å². The van der Waals surface area contributed by atoms with Crippen molar-refractivity contribution in [3.8, 4) is 22.8 Å². The van der Waals surface area contributed by atoms with Crippen LogP contribution in [0.25, 0.3) is 39.6 Å². The number of aromatic nitrogens is 4. The first kappa shape index (κ1) is 12.2. The standard InChI is InChI=1S/C16H10N4O3/c1-9-19-16-13(15-17-8-18-20(9)15)12(10-4-2-6-21-10)14(23-16)11-5-3-7-22-11/h2-8H,1H3. The van der Waals surface area contributed by atoms with Crippen LogP contribution in [0.3, 0.4) is 0 Å². The fraction of sp³-hybridized carbons (Fsp3) is 0.0625. The zero-order valence-corrected chi connectivity index (χ0v) is 12.1. The number of hydrogen-bond acceptors (Lipinski definition) is 6. The van der Waals surface area contributed by atoms with Crippen LogP contribution in [0.4, 0.5) is 0 Å². The molecule has 7 heteroatoms. The van der Waals surface area contributed by atoms with E-state index in [-0.39, 0.29) is 0 Å². The second kappa shape index (κ2) is 4.33. The van der Waals surface area contributed by atoms with Crippen molar-refractivity contribution in [2.75, 3.05) is 0 Å². The van der Waals surface area contributed by atoms with Crippen molar-refractivity contribution in [3.63, 3.8) is 0 Å². The van der Waals surface area contributed by atoms with Gasteiger partial charge in [0.05, 0.1) is 23.5 Å². The Morgan fingerprint density at radius 1 is 1.04 bits per heavy atom. The summed E-state index contributed by atoms with van der Waals surface area (Å²) in [5, 5.41) is 4.96. The van der Waals surface area contributed by atoms with Gasteiger partial charge in [-0.15, -0.1) is 0 Å². The van der Waals surface area contributed by atoms with E-state index in [9.17, 15) is 0 Å². The summed E-state index contributed by atoms with van der Waals surface area (Å²) in [6.45, 7) is 1.85. The molecule has 0 aromatic carbocycles. The first-order valence-corrected chi connectivity index (χ1v) is 7.03. The zero-order chi connectivity index (χ0) is 15.4. The summed E-state index contributed by atoms with van der Waals surface area (Å²) in [7, 11) is 0. The molecule has 0 saturated carbocycles. The highest BCUT2D eigenvalue weighted by atomic mass is 16.4. The predicted octanol–water partition coefficient (Wildman–Crippen LogP) is 3.70. The molecule has 7 nitrogen and oxygen atoms in total. The topological polar surface area (TPSA) is 82.5 Å². The van der Waals surface area contributed by atoms with Gasteiger partial charge in [-0.1, -0.05) is 0 Å². The Morgan fingerprint density at radius 2 is 1.83 bits per heavy atom. The molecule has 5 aromatic heterocycles. The van der Waals surface area contributed by atoms with Crippen LogP contribution < -0.4 is 0 Å². The molecule has 0 saturated heterocycles. The lowest BCUT2D eigenvalue weighted by Gasteiger charge is -1.99. The predicted molar refractivity (Wildman–Crippen MR) is 80.7 cm³/mol. The quantitative estimate of drug-likeness (QED) is 0.494. The van der Waals surface area contributed by atoms with E-state index in [0.717, 1.165) is 10.9 Å². The Hall–Kier alpha value is -3.35. The maximum absolute atomic E-state index is 5.98. The summed E-state index contributed by atoms with van der Waals surface area (Å²) >= 11 is 0. The monoisotopic (exact) mass is 306 g/mol. The molecule has 5 rings (SSSR count).